The van der Waals surface area contributed by atoms with Crippen molar-refractivity contribution >= 4 is 11.7 Å². The van der Waals surface area contributed by atoms with Crippen LogP contribution in [-0.4, -0.2) is 18.7 Å². The summed E-state index contributed by atoms with van der Waals surface area (Å²) in [5.41, 5.74) is 6.46. The number of hydrogen-bond donors (Lipinski definition) is 1. The molecule has 0 unspecified atom stereocenters. The molecule has 0 aliphatic heterocycles. The largest absolute Gasteiger partial charge is 0.387 e. The van der Waals surface area contributed by atoms with Crippen LogP contribution in [0.4, 0.5) is 0 Å². The van der Waals surface area contributed by atoms with E-state index < -0.39 is 0 Å². The van der Waals surface area contributed by atoms with Gasteiger partial charge in [0.15, 0.2) is 5.84 Å². The minimum absolute atomic E-state index is 0.518. The molecule has 0 radical (unpaired) electrons. The summed E-state index contributed by atoms with van der Waals surface area (Å²) in [6, 6.07) is 9.75. The highest BCUT2D eigenvalue weighted by molar-refractivity contribution is 6.05. The summed E-state index contributed by atoms with van der Waals surface area (Å²) >= 11 is 0. The lowest BCUT2D eigenvalue weighted by atomic mass is 10.2. The van der Waals surface area contributed by atoms with E-state index in [9.17, 15) is 0 Å². The Bertz CT molecular complexity index is 321. The third-order valence-corrected chi connectivity index (χ3v) is 1.53. The molecule has 1 rings (SSSR count). The smallest absolute Gasteiger partial charge is 0.156 e. The number of nitrogens with zero attached hydrogens (tertiary/aromatic N) is 2. The van der Waals surface area contributed by atoms with Crippen molar-refractivity contribution in [3.63, 3.8) is 0 Å². The molecule has 13 heavy (non-hydrogen) atoms. The Morgan fingerprint density at radius 1 is 1.23 bits per heavy atom. The van der Waals surface area contributed by atoms with Crippen LogP contribution in [0.1, 0.15) is 12.5 Å². The molecule has 1 aromatic rings. The Morgan fingerprint density at radius 3 is 2.31 bits per heavy atom. The molecule has 0 bridgehead atoms. The fourth-order valence-corrected chi connectivity index (χ4v) is 0.998. The van der Waals surface area contributed by atoms with E-state index in [0.717, 1.165) is 5.56 Å². The molecule has 0 aliphatic carbocycles. The van der Waals surface area contributed by atoms with Crippen molar-refractivity contribution in [2.45, 2.75) is 6.92 Å². The van der Waals surface area contributed by atoms with Gasteiger partial charge in [-0.2, -0.15) is 0 Å². The average Bonchev–Trinajstić information content (AvgIpc) is 2.15. The van der Waals surface area contributed by atoms with Gasteiger partial charge in [-0.05, 0) is 6.92 Å². The molecular weight excluding hydrogens is 162 g/mol. The van der Waals surface area contributed by atoms with Crippen molar-refractivity contribution in [2.24, 2.45) is 15.7 Å². The van der Waals surface area contributed by atoms with Crippen molar-refractivity contribution in [1.29, 1.82) is 0 Å². The van der Waals surface area contributed by atoms with Gasteiger partial charge in [0.2, 0.25) is 0 Å². The van der Waals surface area contributed by atoms with E-state index in [-0.39, 0.29) is 0 Å². The number of hydrogen-bond acceptors (Lipinski definition) is 1. The van der Waals surface area contributed by atoms with E-state index in [4.69, 9.17) is 5.73 Å². The topological polar surface area (TPSA) is 50.7 Å². The maximum absolute atomic E-state index is 5.48. The summed E-state index contributed by atoms with van der Waals surface area (Å²) in [7, 11) is 1.70. The van der Waals surface area contributed by atoms with Crippen LogP contribution in [0.3, 0.4) is 0 Å². The van der Waals surface area contributed by atoms with Gasteiger partial charge in [0.25, 0.3) is 0 Å². The summed E-state index contributed by atoms with van der Waals surface area (Å²) in [6.07, 6.45) is 0. The summed E-state index contributed by atoms with van der Waals surface area (Å²) in [4.78, 5) is 8.16. The van der Waals surface area contributed by atoms with Gasteiger partial charge in [0.1, 0.15) is 0 Å². The lowest BCUT2D eigenvalue weighted by Crippen LogP contribution is -2.09. The molecule has 2 N–H and O–H groups in total. The van der Waals surface area contributed by atoms with Crippen LogP contribution in [0.5, 0.6) is 0 Å². The predicted molar refractivity (Wildman–Crippen MR) is 56.2 cm³/mol. The molecule has 0 amide bonds. The van der Waals surface area contributed by atoms with Gasteiger partial charge in [-0.15, -0.1) is 0 Å². The monoisotopic (exact) mass is 175 g/mol. The highest BCUT2D eigenvalue weighted by atomic mass is 14.9. The number of aliphatic imine (C=N–C) groups is 2. The number of benzene rings is 1. The van der Waals surface area contributed by atoms with Gasteiger partial charge in [-0.25, -0.2) is 4.99 Å². The zero-order valence-corrected chi connectivity index (χ0v) is 7.86. The van der Waals surface area contributed by atoms with E-state index in [2.05, 4.69) is 9.98 Å². The summed E-state index contributed by atoms with van der Waals surface area (Å²) < 4.78 is 0. The minimum Gasteiger partial charge on any atom is -0.387 e. The molecule has 0 atom stereocenters. The number of rotatable bonds is 1. The molecule has 0 saturated carbocycles. The second-order valence-corrected chi connectivity index (χ2v) is 2.67. The molecule has 68 valence electrons. The highest BCUT2D eigenvalue weighted by Gasteiger charge is 1.98. The highest BCUT2D eigenvalue weighted by Crippen LogP contribution is 2.01. The predicted octanol–water partition coefficient (Wildman–Crippen LogP) is 1.44. The van der Waals surface area contributed by atoms with Gasteiger partial charge in [0.05, 0.1) is 5.84 Å². The Morgan fingerprint density at radius 2 is 1.85 bits per heavy atom. The van der Waals surface area contributed by atoms with Crippen molar-refractivity contribution in [2.75, 3.05) is 7.05 Å². The quantitative estimate of drug-likeness (QED) is 0.509. The molecule has 0 aliphatic rings. The fraction of sp³-hybridized carbons (Fsp3) is 0.200. The van der Waals surface area contributed by atoms with Crippen molar-refractivity contribution in [3.8, 4) is 0 Å². The standard InChI is InChI=1S/C10H13N3/c1-8(11)13-10(12-2)9-6-4-3-5-7-9/h3-7H,1-2H3,(H2,11,12,13). The Balaban J connectivity index is 3.00. The van der Waals surface area contributed by atoms with E-state index in [1.807, 2.05) is 30.3 Å². The molecule has 3 heteroatoms. The Hall–Kier alpha value is -1.64. The first-order chi connectivity index (χ1) is 6.24. The van der Waals surface area contributed by atoms with E-state index in [1.54, 1.807) is 14.0 Å². The van der Waals surface area contributed by atoms with Crippen LogP contribution in [0, 0.1) is 0 Å². The van der Waals surface area contributed by atoms with Crippen molar-refractivity contribution in [1.82, 2.24) is 0 Å². The Kier molecular flexibility index (Phi) is 3.20. The maximum atomic E-state index is 5.48. The van der Waals surface area contributed by atoms with E-state index in [0.29, 0.717) is 11.7 Å². The molecule has 0 saturated heterocycles. The maximum Gasteiger partial charge on any atom is 0.156 e. The first-order valence-corrected chi connectivity index (χ1v) is 4.07. The summed E-state index contributed by atoms with van der Waals surface area (Å²) in [5, 5.41) is 0. The van der Waals surface area contributed by atoms with Crippen molar-refractivity contribution < 1.29 is 0 Å². The molecule has 0 fully saturated rings. The van der Waals surface area contributed by atoms with Crippen LogP contribution >= 0.6 is 0 Å². The molecule has 0 aromatic heterocycles. The lowest BCUT2D eigenvalue weighted by Gasteiger charge is -1.99. The van der Waals surface area contributed by atoms with Gasteiger partial charge in [-0.1, -0.05) is 30.3 Å². The average molecular weight is 175 g/mol. The van der Waals surface area contributed by atoms with Crippen LogP contribution < -0.4 is 5.73 Å². The van der Waals surface area contributed by atoms with E-state index in [1.165, 1.54) is 0 Å². The third kappa shape index (κ3) is 2.71. The van der Waals surface area contributed by atoms with Gasteiger partial charge < -0.3 is 5.73 Å². The first-order valence-electron chi connectivity index (χ1n) is 4.07. The second kappa shape index (κ2) is 4.40. The minimum atomic E-state index is 0.518. The van der Waals surface area contributed by atoms with E-state index >= 15 is 0 Å². The summed E-state index contributed by atoms with van der Waals surface area (Å²) in [6.45, 7) is 1.74. The van der Waals surface area contributed by atoms with Gasteiger partial charge >= 0.3 is 0 Å². The number of amidine groups is 2. The third-order valence-electron chi connectivity index (χ3n) is 1.53. The van der Waals surface area contributed by atoms with Crippen molar-refractivity contribution in [3.05, 3.63) is 35.9 Å². The van der Waals surface area contributed by atoms with Crippen LogP contribution in [0.2, 0.25) is 0 Å². The Labute approximate surface area is 78.0 Å². The summed E-state index contributed by atoms with van der Waals surface area (Å²) in [5.74, 6) is 1.19. The first kappa shape index (κ1) is 9.45. The zero-order valence-electron chi connectivity index (χ0n) is 7.86. The molecule has 1 aromatic carbocycles. The van der Waals surface area contributed by atoms with Crippen LogP contribution in [0.15, 0.2) is 40.3 Å². The molecule has 0 spiro atoms. The van der Waals surface area contributed by atoms with Crippen LogP contribution in [-0.2, 0) is 0 Å². The molecular formula is C10H13N3. The SMILES string of the molecule is CN=C(N=C(C)N)c1ccccc1. The molecule has 0 heterocycles. The molecule has 3 nitrogen and oxygen atoms in total. The van der Waals surface area contributed by atoms with Gasteiger partial charge in [0, 0.05) is 12.6 Å². The number of nitrogens with two attached hydrogens (primary N) is 1. The van der Waals surface area contributed by atoms with Gasteiger partial charge in [-0.3, -0.25) is 4.99 Å². The fourth-order valence-electron chi connectivity index (χ4n) is 0.998. The van der Waals surface area contributed by atoms with Crippen LogP contribution in [0.25, 0.3) is 0 Å². The lowest BCUT2D eigenvalue weighted by molar-refractivity contribution is 1.37. The second-order valence-electron chi connectivity index (χ2n) is 2.67. The zero-order chi connectivity index (χ0) is 9.68. The normalized spacial score (nSPS) is 13.1.